The Morgan fingerprint density at radius 3 is 2.55 bits per heavy atom. The molecule has 31 heavy (non-hydrogen) atoms. The molecule has 0 unspecified atom stereocenters. The first-order valence-corrected chi connectivity index (χ1v) is 10.9. The van der Waals surface area contributed by atoms with Crippen molar-refractivity contribution >= 4 is 57.9 Å². The molecule has 1 aromatic heterocycles. The van der Waals surface area contributed by atoms with Crippen molar-refractivity contribution in [2.24, 2.45) is 0 Å². The zero-order chi connectivity index (χ0) is 22.5. The number of nitrogens with one attached hydrogen (secondary N) is 2. The van der Waals surface area contributed by atoms with E-state index in [9.17, 15) is 14.0 Å². The highest BCUT2D eigenvalue weighted by Gasteiger charge is 2.21. The van der Waals surface area contributed by atoms with Crippen LogP contribution in [0.25, 0.3) is 0 Å². The third-order valence-electron chi connectivity index (χ3n) is 4.27. The number of urea groups is 1. The molecule has 162 valence electrons. The van der Waals surface area contributed by atoms with E-state index in [1.54, 1.807) is 34.5 Å². The van der Waals surface area contributed by atoms with Gasteiger partial charge in [0.2, 0.25) is 0 Å². The molecule has 6 nitrogen and oxygen atoms in total. The fourth-order valence-corrected chi connectivity index (χ4v) is 3.71. The Bertz CT molecular complexity index is 1110. The summed E-state index contributed by atoms with van der Waals surface area (Å²) in [5.41, 5.74) is 0.734. The maximum Gasteiger partial charge on any atom is 0.322 e. The van der Waals surface area contributed by atoms with Gasteiger partial charge in [0.05, 0.1) is 22.3 Å². The quantitative estimate of drug-likeness (QED) is 0.435. The molecule has 0 spiro atoms. The molecule has 2 aromatic carbocycles. The molecule has 3 amide bonds. The van der Waals surface area contributed by atoms with E-state index < -0.39 is 11.7 Å². The highest BCUT2D eigenvalue weighted by Crippen LogP contribution is 2.25. The predicted molar refractivity (Wildman–Crippen MR) is 123 cm³/mol. The molecule has 0 radical (unpaired) electrons. The van der Waals surface area contributed by atoms with Crippen LogP contribution in [0.3, 0.4) is 0 Å². The van der Waals surface area contributed by atoms with Gasteiger partial charge >= 0.3 is 6.03 Å². The van der Waals surface area contributed by atoms with Gasteiger partial charge in [-0.05, 0) is 44.2 Å². The number of rotatable bonds is 6. The zero-order valence-corrected chi connectivity index (χ0v) is 19.0. The number of nitrogens with zero attached hydrogens (tertiary/aromatic N) is 2. The number of carbonyl (C=O) groups excluding carboxylic acids is 2. The summed E-state index contributed by atoms with van der Waals surface area (Å²) in [6.45, 7) is 3.93. The van der Waals surface area contributed by atoms with Gasteiger partial charge in [0.1, 0.15) is 16.5 Å². The number of carbonyl (C=O) groups is 2. The van der Waals surface area contributed by atoms with Crippen LogP contribution in [-0.2, 0) is 6.54 Å². The average Bonchev–Trinajstić information content (AvgIpc) is 3.19. The lowest BCUT2D eigenvalue weighted by Gasteiger charge is -2.26. The standard InChI is InChI=1S/C21H19Cl2FN4O2S/c1-12(2)28(21(30)25-13-7-8-14(22)15(23)9-13)10-19-26-18(11-31-19)20(29)27-17-6-4-3-5-16(17)24/h3-9,11-12H,10H2,1-2H3,(H,25,30)(H,27,29). The summed E-state index contributed by atoms with van der Waals surface area (Å²) in [5.74, 6) is -1.06. The lowest BCUT2D eigenvalue weighted by molar-refractivity contribution is 0.102. The summed E-state index contributed by atoms with van der Waals surface area (Å²) < 4.78 is 13.7. The van der Waals surface area contributed by atoms with Crippen molar-refractivity contribution in [1.82, 2.24) is 9.88 Å². The number of amides is 3. The maximum absolute atomic E-state index is 13.7. The van der Waals surface area contributed by atoms with Crippen molar-refractivity contribution in [3.8, 4) is 0 Å². The first kappa shape index (κ1) is 23.0. The molecule has 2 N–H and O–H groups in total. The zero-order valence-electron chi connectivity index (χ0n) is 16.7. The number of hydrogen-bond donors (Lipinski definition) is 2. The maximum atomic E-state index is 13.7. The van der Waals surface area contributed by atoms with E-state index in [4.69, 9.17) is 23.2 Å². The molecule has 3 aromatic rings. The number of thiazole rings is 1. The third-order valence-corrected chi connectivity index (χ3v) is 5.84. The Morgan fingerprint density at radius 1 is 1.13 bits per heavy atom. The summed E-state index contributed by atoms with van der Waals surface area (Å²) in [6.07, 6.45) is 0. The number of benzene rings is 2. The molecule has 0 aliphatic rings. The first-order valence-electron chi connectivity index (χ1n) is 9.27. The van der Waals surface area contributed by atoms with Gasteiger partial charge in [-0.2, -0.15) is 0 Å². The smallest absolute Gasteiger partial charge is 0.318 e. The summed E-state index contributed by atoms with van der Waals surface area (Å²) in [7, 11) is 0. The highest BCUT2D eigenvalue weighted by molar-refractivity contribution is 7.09. The normalized spacial score (nSPS) is 10.8. The van der Waals surface area contributed by atoms with Crippen molar-refractivity contribution in [2.75, 3.05) is 10.6 Å². The van der Waals surface area contributed by atoms with Crippen LogP contribution in [0.5, 0.6) is 0 Å². The molecule has 0 aliphatic heterocycles. The second-order valence-electron chi connectivity index (χ2n) is 6.84. The van der Waals surface area contributed by atoms with Gasteiger partial charge in [0.15, 0.2) is 0 Å². The monoisotopic (exact) mass is 480 g/mol. The van der Waals surface area contributed by atoms with Crippen LogP contribution < -0.4 is 10.6 Å². The van der Waals surface area contributed by atoms with E-state index >= 15 is 0 Å². The number of anilines is 2. The van der Waals surface area contributed by atoms with Gasteiger partial charge < -0.3 is 15.5 Å². The van der Waals surface area contributed by atoms with Gasteiger partial charge in [-0.3, -0.25) is 4.79 Å². The van der Waals surface area contributed by atoms with Crippen LogP contribution in [0, 0.1) is 5.82 Å². The minimum Gasteiger partial charge on any atom is -0.318 e. The van der Waals surface area contributed by atoms with Crippen molar-refractivity contribution in [1.29, 1.82) is 0 Å². The second kappa shape index (κ2) is 10.1. The largest absolute Gasteiger partial charge is 0.322 e. The van der Waals surface area contributed by atoms with Crippen molar-refractivity contribution in [3.05, 3.63) is 74.4 Å². The SMILES string of the molecule is CC(C)N(Cc1nc(C(=O)Nc2ccccc2F)cs1)C(=O)Nc1ccc(Cl)c(Cl)c1. The Morgan fingerprint density at radius 2 is 1.87 bits per heavy atom. The van der Waals surface area contributed by atoms with E-state index in [2.05, 4.69) is 15.6 Å². The van der Waals surface area contributed by atoms with Gasteiger partial charge in [-0.1, -0.05) is 35.3 Å². The number of hydrogen-bond acceptors (Lipinski definition) is 4. The minimum absolute atomic E-state index is 0.0758. The van der Waals surface area contributed by atoms with E-state index in [1.165, 1.54) is 29.5 Å². The van der Waals surface area contributed by atoms with Gasteiger partial charge in [0.25, 0.3) is 5.91 Å². The van der Waals surface area contributed by atoms with Crippen LogP contribution in [0.15, 0.2) is 47.8 Å². The van der Waals surface area contributed by atoms with Gasteiger partial charge in [-0.25, -0.2) is 14.2 Å². The number of aromatic nitrogens is 1. The van der Waals surface area contributed by atoms with E-state index in [0.29, 0.717) is 20.7 Å². The minimum atomic E-state index is -0.531. The Labute approximate surface area is 193 Å². The Balaban J connectivity index is 1.68. The van der Waals surface area contributed by atoms with E-state index in [1.807, 2.05) is 13.8 Å². The lowest BCUT2D eigenvalue weighted by atomic mass is 10.3. The predicted octanol–water partition coefficient (Wildman–Crippen LogP) is 6.28. The molecule has 1 heterocycles. The molecular weight excluding hydrogens is 462 g/mol. The fourth-order valence-electron chi connectivity index (χ4n) is 2.64. The molecule has 0 saturated heterocycles. The molecular formula is C21H19Cl2FN4O2S. The first-order chi connectivity index (χ1) is 14.7. The highest BCUT2D eigenvalue weighted by atomic mass is 35.5. The van der Waals surface area contributed by atoms with Crippen LogP contribution in [0.1, 0.15) is 29.3 Å². The Hall–Kier alpha value is -2.68. The van der Waals surface area contributed by atoms with E-state index in [0.717, 1.165) is 0 Å². The van der Waals surface area contributed by atoms with E-state index in [-0.39, 0.29) is 30.0 Å². The summed E-state index contributed by atoms with van der Waals surface area (Å²) in [5, 5.41) is 8.14. The van der Waals surface area contributed by atoms with Crippen LogP contribution >= 0.6 is 34.5 Å². The number of halogens is 3. The van der Waals surface area contributed by atoms with Gasteiger partial charge in [-0.15, -0.1) is 11.3 Å². The summed E-state index contributed by atoms with van der Waals surface area (Å²) in [4.78, 5) is 31.0. The average molecular weight is 481 g/mol. The third kappa shape index (κ3) is 5.94. The molecule has 10 heteroatoms. The molecule has 3 rings (SSSR count). The molecule has 0 fully saturated rings. The molecule has 0 atom stereocenters. The second-order valence-corrected chi connectivity index (χ2v) is 8.60. The fraction of sp³-hybridized carbons (Fsp3) is 0.190. The van der Waals surface area contributed by atoms with Crippen molar-refractivity contribution in [2.45, 2.75) is 26.4 Å². The van der Waals surface area contributed by atoms with Gasteiger partial charge in [0, 0.05) is 17.1 Å². The van der Waals surface area contributed by atoms with Crippen LogP contribution in [0.4, 0.5) is 20.6 Å². The van der Waals surface area contributed by atoms with Crippen molar-refractivity contribution < 1.29 is 14.0 Å². The Kier molecular flexibility index (Phi) is 7.48. The molecule has 0 saturated carbocycles. The summed E-state index contributed by atoms with van der Waals surface area (Å²) in [6, 6.07) is 10.2. The van der Waals surface area contributed by atoms with Crippen LogP contribution in [0.2, 0.25) is 10.0 Å². The molecule has 0 bridgehead atoms. The topological polar surface area (TPSA) is 74.3 Å². The van der Waals surface area contributed by atoms with Crippen LogP contribution in [-0.4, -0.2) is 27.9 Å². The number of para-hydroxylation sites is 1. The molecule has 0 aliphatic carbocycles. The lowest BCUT2D eigenvalue weighted by Crippen LogP contribution is -2.39. The van der Waals surface area contributed by atoms with Crippen molar-refractivity contribution in [3.63, 3.8) is 0 Å². The summed E-state index contributed by atoms with van der Waals surface area (Å²) >= 11 is 13.2.